The smallest absolute Gasteiger partial charge is 0.246 e. The fourth-order valence-electron chi connectivity index (χ4n) is 2.07. The summed E-state index contributed by atoms with van der Waals surface area (Å²) in [5.41, 5.74) is 1.53. The summed E-state index contributed by atoms with van der Waals surface area (Å²) in [5, 5.41) is 13.3. The quantitative estimate of drug-likeness (QED) is 0.769. The van der Waals surface area contributed by atoms with E-state index >= 15 is 0 Å². The van der Waals surface area contributed by atoms with Crippen LogP contribution in [0.15, 0.2) is 48.5 Å². The molecule has 24 heavy (non-hydrogen) atoms. The van der Waals surface area contributed by atoms with Crippen molar-refractivity contribution >= 4 is 17.5 Å². The lowest BCUT2D eigenvalue weighted by Gasteiger charge is -2.13. The average Bonchev–Trinajstić information content (AvgIpc) is 2.61. The molecule has 1 unspecified atom stereocenters. The number of carbonyl (C=O) groups excluding carboxylic acids is 1. The molecule has 0 aliphatic carbocycles. The number of aliphatic hydroxyl groups excluding tert-OH is 1. The van der Waals surface area contributed by atoms with Crippen LogP contribution in [-0.4, -0.2) is 31.3 Å². The van der Waals surface area contributed by atoms with Crippen molar-refractivity contribution in [3.8, 4) is 5.75 Å². The number of ether oxygens (including phenoxy) is 2. The van der Waals surface area contributed by atoms with E-state index in [1.807, 2.05) is 18.2 Å². The van der Waals surface area contributed by atoms with Gasteiger partial charge in [-0.2, -0.15) is 0 Å². The van der Waals surface area contributed by atoms with E-state index in [-0.39, 0.29) is 25.7 Å². The SMILES string of the molecule is COc1ccc(C(O)CNC(=O)COCc2ccccc2Cl)cc1. The molecule has 0 aromatic heterocycles. The van der Waals surface area contributed by atoms with E-state index < -0.39 is 6.10 Å². The van der Waals surface area contributed by atoms with Crippen LogP contribution in [0.3, 0.4) is 0 Å². The predicted molar refractivity (Wildman–Crippen MR) is 92.1 cm³/mol. The molecule has 0 fully saturated rings. The summed E-state index contributed by atoms with van der Waals surface area (Å²) in [6.07, 6.45) is -0.788. The molecule has 1 amide bonds. The Morgan fingerprint density at radius 3 is 2.58 bits per heavy atom. The normalized spacial score (nSPS) is 11.8. The zero-order chi connectivity index (χ0) is 17.4. The van der Waals surface area contributed by atoms with Gasteiger partial charge in [0.05, 0.1) is 19.8 Å². The van der Waals surface area contributed by atoms with Gasteiger partial charge in [-0.1, -0.05) is 41.9 Å². The van der Waals surface area contributed by atoms with Gasteiger partial charge in [0.15, 0.2) is 0 Å². The first-order valence-corrected chi connectivity index (χ1v) is 7.88. The van der Waals surface area contributed by atoms with Gasteiger partial charge in [0.1, 0.15) is 12.4 Å². The number of carbonyl (C=O) groups is 1. The molecule has 6 heteroatoms. The summed E-state index contributed by atoms with van der Waals surface area (Å²) in [6, 6.07) is 14.3. The Kier molecular flexibility index (Phi) is 7.06. The Balaban J connectivity index is 1.71. The van der Waals surface area contributed by atoms with Gasteiger partial charge in [-0.05, 0) is 29.3 Å². The lowest BCUT2D eigenvalue weighted by Crippen LogP contribution is -2.31. The van der Waals surface area contributed by atoms with Crippen LogP contribution in [0.2, 0.25) is 5.02 Å². The summed E-state index contributed by atoms with van der Waals surface area (Å²) in [5.74, 6) is 0.414. The molecule has 2 N–H and O–H groups in total. The summed E-state index contributed by atoms with van der Waals surface area (Å²) in [7, 11) is 1.58. The fraction of sp³-hybridized carbons (Fsp3) is 0.278. The van der Waals surface area contributed by atoms with Crippen molar-refractivity contribution in [2.24, 2.45) is 0 Å². The lowest BCUT2D eigenvalue weighted by molar-refractivity contribution is -0.126. The lowest BCUT2D eigenvalue weighted by atomic mass is 10.1. The standard InChI is InChI=1S/C18H20ClNO4/c1-23-15-8-6-13(7-9-15)17(21)10-20-18(22)12-24-11-14-4-2-3-5-16(14)19/h2-9,17,21H,10-12H2,1H3,(H,20,22). The van der Waals surface area contributed by atoms with Crippen LogP contribution in [-0.2, 0) is 16.1 Å². The number of amides is 1. The molecule has 0 heterocycles. The molecule has 0 aliphatic rings. The van der Waals surface area contributed by atoms with Crippen molar-refractivity contribution in [1.82, 2.24) is 5.32 Å². The highest BCUT2D eigenvalue weighted by molar-refractivity contribution is 6.31. The minimum Gasteiger partial charge on any atom is -0.497 e. The highest BCUT2D eigenvalue weighted by atomic mass is 35.5. The van der Waals surface area contributed by atoms with Crippen LogP contribution in [0.5, 0.6) is 5.75 Å². The number of halogens is 1. The second kappa shape index (κ2) is 9.27. The number of hydrogen-bond donors (Lipinski definition) is 2. The van der Waals surface area contributed by atoms with Crippen LogP contribution in [0, 0.1) is 0 Å². The number of nitrogens with one attached hydrogen (secondary N) is 1. The second-order valence-electron chi connectivity index (χ2n) is 5.18. The Morgan fingerprint density at radius 1 is 1.21 bits per heavy atom. The third kappa shape index (κ3) is 5.53. The molecule has 2 rings (SSSR count). The predicted octanol–water partition coefficient (Wildman–Crippen LogP) is 2.72. The van der Waals surface area contributed by atoms with Gasteiger partial charge in [0.2, 0.25) is 5.91 Å². The van der Waals surface area contributed by atoms with E-state index in [0.29, 0.717) is 16.3 Å². The number of methoxy groups -OCH3 is 1. The maximum Gasteiger partial charge on any atom is 0.246 e. The molecule has 0 radical (unpaired) electrons. The van der Waals surface area contributed by atoms with Gasteiger partial charge in [-0.15, -0.1) is 0 Å². The Bertz CT molecular complexity index is 660. The maximum atomic E-state index is 11.8. The molecule has 0 saturated carbocycles. The second-order valence-corrected chi connectivity index (χ2v) is 5.58. The molecule has 0 bridgehead atoms. The zero-order valence-corrected chi connectivity index (χ0v) is 14.1. The number of hydrogen-bond acceptors (Lipinski definition) is 4. The van der Waals surface area contributed by atoms with E-state index in [4.69, 9.17) is 21.1 Å². The monoisotopic (exact) mass is 349 g/mol. The molecule has 0 spiro atoms. The van der Waals surface area contributed by atoms with Crippen LogP contribution < -0.4 is 10.1 Å². The molecule has 2 aromatic rings. The highest BCUT2D eigenvalue weighted by Gasteiger charge is 2.10. The minimum atomic E-state index is -0.788. The third-order valence-electron chi connectivity index (χ3n) is 3.44. The van der Waals surface area contributed by atoms with Gasteiger partial charge in [-0.3, -0.25) is 4.79 Å². The Hall–Kier alpha value is -2.08. The summed E-state index contributed by atoms with van der Waals surface area (Å²) in [4.78, 5) is 11.8. The molecule has 0 aliphatic heterocycles. The van der Waals surface area contributed by atoms with Crippen molar-refractivity contribution < 1.29 is 19.4 Å². The van der Waals surface area contributed by atoms with Crippen LogP contribution in [0.1, 0.15) is 17.2 Å². The first-order chi connectivity index (χ1) is 11.6. The van der Waals surface area contributed by atoms with Gasteiger partial charge < -0.3 is 19.9 Å². The van der Waals surface area contributed by atoms with E-state index in [0.717, 1.165) is 5.56 Å². The Morgan fingerprint density at radius 2 is 1.92 bits per heavy atom. The first kappa shape index (κ1) is 18.3. The van der Waals surface area contributed by atoms with Crippen LogP contribution in [0.25, 0.3) is 0 Å². The number of aliphatic hydroxyl groups is 1. The summed E-state index contributed by atoms with van der Waals surface area (Å²) in [6.45, 7) is 0.273. The molecular weight excluding hydrogens is 330 g/mol. The van der Waals surface area contributed by atoms with Crippen LogP contribution >= 0.6 is 11.6 Å². The van der Waals surface area contributed by atoms with Gasteiger partial charge >= 0.3 is 0 Å². The number of benzene rings is 2. The molecule has 128 valence electrons. The zero-order valence-electron chi connectivity index (χ0n) is 13.4. The maximum absolute atomic E-state index is 11.8. The summed E-state index contributed by atoms with van der Waals surface area (Å²) < 4.78 is 10.4. The topological polar surface area (TPSA) is 67.8 Å². The van der Waals surface area contributed by atoms with Crippen molar-refractivity contribution in [1.29, 1.82) is 0 Å². The fourth-order valence-corrected chi connectivity index (χ4v) is 2.26. The van der Waals surface area contributed by atoms with Crippen molar-refractivity contribution in [3.63, 3.8) is 0 Å². The van der Waals surface area contributed by atoms with Gasteiger partial charge in [0.25, 0.3) is 0 Å². The molecule has 5 nitrogen and oxygen atoms in total. The highest BCUT2D eigenvalue weighted by Crippen LogP contribution is 2.17. The van der Waals surface area contributed by atoms with E-state index in [1.54, 1.807) is 37.4 Å². The van der Waals surface area contributed by atoms with E-state index in [9.17, 15) is 9.90 Å². The Labute approximate surface area is 146 Å². The minimum absolute atomic E-state index is 0.0967. The van der Waals surface area contributed by atoms with Gasteiger partial charge in [-0.25, -0.2) is 0 Å². The summed E-state index contributed by atoms with van der Waals surface area (Å²) >= 11 is 6.01. The average molecular weight is 350 g/mol. The first-order valence-electron chi connectivity index (χ1n) is 7.50. The molecular formula is C18H20ClNO4. The van der Waals surface area contributed by atoms with Crippen molar-refractivity contribution in [2.45, 2.75) is 12.7 Å². The van der Waals surface area contributed by atoms with E-state index in [1.165, 1.54) is 0 Å². The van der Waals surface area contributed by atoms with Crippen LogP contribution in [0.4, 0.5) is 0 Å². The molecule has 1 atom stereocenters. The molecule has 0 saturated heterocycles. The third-order valence-corrected chi connectivity index (χ3v) is 3.81. The number of rotatable bonds is 8. The van der Waals surface area contributed by atoms with Gasteiger partial charge in [0, 0.05) is 11.6 Å². The van der Waals surface area contributed by atoms with Crippen molar-refractivity contribution in [3.05, 3.63) is 64.7 Å². The van der Waals surface area contributed by atoms with E-state index in [2.05, 4.69) is 5.32 Å². The largest absolute Gasteiger partial charge is 0.497 e. The van der Waals surface area contributed by atoms with Crippen molar-refractivity contribution in [2.75, 3.05) is 20.3 Å². The molecule has 2 aromatic carbocycles.